The lowest BCUT2D eigenvalue weighted by molar-refractivity contribution is 0.675. The molecule has 0 aliphatic rings. The van der Waals surface area contributed by atoms with Crippen molar-refractivity contribution in [3.05, 3.63) is 76.6 Å². The van der Waals surface area contributed by atoms with E-state index in [9.17, 15) is 0 Å². The number of hydrogen-bond donors (Lipinski definition) is 2. The molecule has 3 aromatic rings. The van der Waals surface area contributed by atoms with Crippen LogP contribution in [-0.4, -0.2) is 32.3 Å². The van der Waals surface area contributed by atoms with Crippen molar-refractivity contribution in [3.63, 3.8) is 0 Å². The highest BCUT2D eigenvalue weighted by Gasteiger charge is 2.09. The molecule has 0 fully saturated rings. The highest BCUT2D eigenvalue weighted by Crippen LogP contribution is 2.11. The molecule has 3 rings (SSSR count). The van der Waals surface area contributed by atoms with Crippen LogP contribution < -0.4 is 10.6 Å². The summed E-state index contributed by atoms with van der Waals surface area (Å²) in [5, 5.41) is 15.7. The van der Waals surface area contributed by atoms with Crippen LogP contribution in [0.1, 0.15) is 35.7 Å². The van der Waals surface area contributed by atoms with E-state index >= 15 is 0 Å². The summed E-state index contributed by atoms with van der Waals surface area (Å²) in [6, 6.07) is 14.2. The van der Waals surface area contributed by atoms with E-state index < -0.39 is 0 Å². The Balaban J connectivity index is 1.67. The van der Waals surface area contributed by atoms with Gasteiger partial charge >= 0.3 is 0 Å². The normalized spacial score (nSPS) is 12.6. The Kier molecular flexibility index (Phi) is 7.19. The van der Waals surface area contributed by atoms with Crippen LogP contribution in [-0.2, 0) is 20.0 Å². The van der Waals surface area contributed by atoms with Crippen molar-refractivity contribution in [2.45, 2.75) is 32.9 Å². The highest BCUT2D eigenvalue weighted by atomic mass is 35.5. The number of aryl methyl sites for hydroxylation is 1. The van der Waals surface area contributed by atoms with E-state index in [1.807, 2.05) is 42.8 Å². The predicted octanol–water partition coefficient (Wildman–Crippen LogP) is 3.21. The zero-order valence-electron chi connectivity index (χ0n) is 16.9. The fourth-order valence-electron chi connectivity index (χ4n) is 2.80. The summed E-state index contributed by atoms with van der Waals surface area (Å²) in [5.74, 6) is 2.41. The number of guanidine groups is 1. The summed E-state index contributed by atoms with van der Waals surface area (Å²) in [7, 11) is 1.95. The van der Waals surface area contributed by atoms with E-state index in [2.05, 4.69) is 44.9 Å². The Morgan fingerprint density at radius 1 is 1.17 bits per heavy atom. The Hall–Kier alpha value is -2.93. The fourth-order valence-corrected chi connectivity index (χ4v) is 2.91. The number of halogens is 1. The van der Waals surface area contributed by atoms with Gasteiger partial charge in [-0.2, -0.15) is 0 Å². The van der Waals surface area contributed by atoms with Crippen LogP contribution in [0.2, 0.25) is 5.15 Å². The van der Waals surface area contributed by atoms with Gasteiger partial charge in [-0.1, -0.05) is 48.0 Å². The van der Waals surface area contributed by atoms with Crippen molar-refractivity contribution in [2.24, 2.45) is 12.0 Å². The third-order valence-corrected chi connectivity index (χ3v) is 4.93. The summed E-state index contributed by atoms with van der Waals surface area (Å²) >= 11 is 5.86. The lowest BCUT2D eigenvalue weighted by Crippen LogP contribution is -2.39. The molecule has 0 bridgehead atoms. The molecule has 7 nitrogen and oxygen atoms in total. The number of nitrogens with one attached hydrogen (secondary N) is 2. The van der Waals surface area contributed by atoms with Crippen LogP contribution in [0.25, 0.3) is 0 Å². The van der Waals surface area contributed by atoms with E-state index in [0.717, 1.165) is 29.6 Å². The van der Waals surface area contributed by atoms with Gasteiger partial charge in [0, 0.05) is 19.8 Å². The highest BCUT2D eigenvalue weighted by molar-refractivity contribution is 6.29. The second kappa shape index (κ2) is 10.0. The van der Waals surface area contributed by atoms with Gasteiger partial charge < -0.3 is 15.2 Å². The van der Waals surface area contributed by atoms with Crippen molar-refractivity contribution in [1.82, 2.24) is 30.4 Å². The Labute approximate surface area is 176 Å². The third kappa shape index (κ3) is 6.02. The molecule has 2 heterocycles. The van der Waals surface area contributed by atoms with Crippen molar-refractivity contribution in [2.75, 3.05) is 6.54 Å². The summed E-state index contributed by atoms with van der Waals surface area (Å²) in [6.45, 7) is 5.20. The minimum Gasteiger partial charge on any atom is -0.356 e. The first-order valence-electron chi connectivity index (χ1n) is 9.58. The maximum Gasteiger partial charge on any atom is 0.192 e. The Morgan fingerprint density at radius 2 is 1.97 bits per heavy atom. The van der Waals surface area contributed by atoms with Crippen LogP contribution in [0.15, 0.2) is 53.7 Å². The first kappa shape index (κ1) is 20.8. The molecule has 0 saturated heterocycles. The van der Waals surface area contributed by atoms with Gasteiger partial charge in [-0.15, -0.1) is 10.2 Å². The van der Waals surface area contributed by atoms with Crippen LogP contribution in [0.5, 0.6) is 0 Å². The number of nitrogens with zero attached hydrogens (tertiary/aromatic N) is 5. The fraction of sp³-hybridized carbons (Fsp3) is 0.333. The number of aromatic nitrogens is 4. The van der Waals surface area contributed by atoms with E-state index in [1.165, 1.54) is 5.56 Å². The second-order valence-electron chi connectivity index (χ2n) is 6.83. The third-order valence-electron chi connectivity index (χ3n) is 4.71. The zero-order chi connectivity index (χ0) is 20.6. The van der Waals surface area contributed by atoms with E-state index in [0.29, 0.717) is 18.2 Å². The minimum atomic E-state index is 0.112. The molecule has 0 aliphatic carbocycles. The van der Waals surface area contributed by atoms with Gasteiger partial charge in [0.05, 0.1) is 6.04 Å². The molecule has 0 amide bonds. The lowest BCUT2D eigenvalue weighted by atomic mass is 10.1. The molecule has 1 atom stereocenters. The molecule has 29 heavy (non-hydrogen) atoms. The molecule has 0 saturated carbocycles. The number of rotatable bonds is 7. The Bertz CT molecular complexity index is 935. The van der Waals surface area contributed by atoms with Crippen molar-refractivity contribution in [1.29, 1.82) is 0 Å². The molecule has 0 aliphatic heterocycles. The molecule has 2 N–H and O–H groups in total. The van der Waals surface area contributed by atoms with Crippen LogP contribution in [0.3, 0.4) is 0 Å². The summed E-state index contributed by atoms with van der Waals surface area (Å²) in [5.41, 5.74) is 2.31. The van der Waals surface area contributed by atoms with Gasteiger partial charge in [0.1, 0.15) is 17.5 Å². The summed E-state index contributed by atoms with van der Waals surface area (Å²) in [4.78, 5) is 8.84. The van der Waals surface area contributed by atoms with Crippen LogP contribution in [0.4, 0.5) is 0 Å². The largest absolute Gasteiger partial charge is 0.356 e. The van der Waals surface area contributed by atoms with Gasteiger partial charge in [0.25, 0.3) is 0 Å². The minimum absolute atomic E-state index is 0.112. The standard InChI is InChI=1S/C21H26ClN7/c1-15(18-7-5-4-6-8-18)26-21(25-14-20-28-27-16(2)29(20)3)23-12-11-17-9-10-19(22)24-13-17/h4-10,13,15H,11-12,14H2,1-3H3,(H2,23,25,26). The average Bonchev–Trinajstić information content (AvgIpc) is 3.06. The van der Waals surface area contributed by atoms with Gasteiger partial charge in [0.15, 0.2) is 11.8 Å². The predicted molar refractivity (Wildman–Crippen MR) is 116 cm³/mol. The first-order valence-corrected chi connectivity index (χ1v) is 9.96. The van der Waals surface area contributed by atoms with Crippen LogP contribution in [0, 0.1) is 6.92 Å². The molecule has 0 spiro atoms. The van der Waals surface area contributed by atoms with E-state index in [-0.39, 0.29) is 6.04 Å². The smallest absolute Gasteiger partial charge is 0.192 e. The van der Waals surface area contributed by atoms with E-state index in [1.54, 1.807) is 12.3 Å². The first-order chi connectivity index (χ1) is 14.0. The van der Waals surface area contributed by atoms with Crippen molar-refractivity contribution in [3.8, 4) is 0 Å². The summed E-state index contributed by atoms with van der Waals surface area (Å²) < 4.78 is 1.95. The SMILES string of the molecule is Cc1nnc(CN=C(NCCc2ccc(Cl)nc2)NC(C)c2ccccc2)n1C. The molecule has 8 heteroatoms. The van der Waals surface area contributed by atoms with Gasteiger partial charge in [-0.3, -0.25) is 0 Å². The zero-order valence-corrected chi connectivity index (χ0v) is 17.7. The maximum absolute atomic E-state index is 5.86. The van der Waals surface area contributed by atoms with Crippen LogP contribution >= 0.6 is 11.6 Å². The Morgan fingerprint density at radius 3 is 2.62 bits per heavy atom. The molecule has 1 unspecified atom stereocenters. The quantitative estimate of drug-likeness (QED) is 0.354. The second-order valence-corrected chi connectivity index (χ2v) is 7.22. The lowest BCUT2D eigenvalue weighted by Gasteiger charge is -2.19. The van der Waals surface area contributed by atoms with Gasteiger partial charge in [-0.05, 0) is 37.5 Å². The number of benzene rings is 1. The topological polar surface area (TPSA) is 80.0 Å². The number of aliphatic imine (C=N–C) groups is 1. The maximum atomic E-state index is 5.86. The number of pyridine rings is 1. The average molecular weight is 412 g/mol. The van der Waals surface area contributed by atoms with Crippen molar-refractivity contribution >= 4 is 17.6 Å². The molecule has 2 aromatic heterocycles. The van der Waals surface area contributed by atoms with Crippen molar-refractivity contribution < 1.29 is 0 Å². The molecular weight excluding hydrogens is 386 g/mol. The summed E-state index contributed by atoms with van der Waals surface area (Å²) in [6.07, 6.45) is 2.61. The molecule has 152 valence electrons. The number of hydrogen-bond acceptors (Lipinski definition) is 4. The molecule has 0 radical (unpaired) electrons. The van der Waals surface area contributed by atoms with E-state index in [4.69, 9.17) is 16.6 Å². The molecule has 1 aromatic carbocycles. The monoisotopic (exact) mass is 411 g/mol. The van der Waals surface area contributed by atoms with Gasteiger partial charge in [0.2, 0.25) is 0 Å². The van der Waals surface area contributed by atoms with Gasteiger partial charge in [-0.25, -0.2) is 9.98 Å². The molecular formula is C21H26ClN7.